The van der Waals surface area contributed by atoms with Gasteiger partial charge in [-0.3, -0.25) is 4.72 Å². The molecule has 0 saturated carbocycles. The first-order chi connectivity index (χ1) is 11.4. The zero-order chi connectivity index (χ0) is 17.3. The fraction of sp³-hybridized carbons (Fsp3) is 0.111. The second kappa shape index (κ2) is 6.34. The van der Waals surface area contributed by atoms with E-state index >= 15 is 0 Å². The summed E-state index contributed by atoms with van der Waals surface area (Å²) in [6, 6.07) is 15.6. The first-order valence-corrected chi connectivity index (χ1v) is 9.12. The molecule has 0 unspecified atom stereocenters. The van der Waals surface area contributed by atoms with Crippen LogP contribution in [0.5, 0.6) is 5.75 Å². The van der Waals surface area contributed by atoms with Crippen molar-refractivity contribution in [3.63, 3.8) is 0 Å². The normalized spacial score (nSPS) is 11.5. The topological polar surface area (TPSA) is 55.4 Å². The number of rotatable bonds is 4. The van der Waals surface area contributed by atoms with Gasteiger partial charge in [0.1, 0.15) is 5.75 Å². The molecule has 3 aromatic carbocycles. The molecule has 3 aromatic rings. The Morgan fingerprint density at radius 1 is 0.958 bits per heavy atom. The van der Waals surface area contributed by atoms with E-state index in [2.05, 4.69) is 4.72 Å². The van der Waals surface area contributed by atoms with Crippen LogP contribution < -0.4 is 9.46 Å². The Morgan fingerprint density at radius 2 is 1.67 bits per heavy atom. The van der Waals surface area contributed by atoms with E-state index in [-0.39, 0.29) is 4.90 Å². The van der Waals surface area contributed by atoms with E-state index in [1.807, 2.05) is 19.1 Å². The molecule has 0 bridgehead atoms. The lowest BCUT2D eigenvalue weighted by Gasteiger charge is -2.12. The first-order valence-electron chi connectivity index (χ1n) is 7.26. The number of nitrogens with one attached hydrogen (secondary N) is 1. The number of halogens is 1. The molecule has 0 atom stereocenters. The second-order valence-corrected chi connectivity index (χ2v) is 7.56. The van der Waals surface area contributed by atoms with Gasteiger partial charge in [0.25, 0.3) is 10.0 Å². The minimum atomic E-state index is -3.70. The Labute approximate surface area is 146 Å². The average Bonchev–Trinajstić information content (AvgIpc) is 2.57. The molecule has 3 rings (SSSR count). The lowest BCUT2D eigenvalue weighted by molar-refractivity contribution is 0.415. The molecule has 0 aliphatic rings. The zero-order valence-electron chi connectivity index (χ0n) is 13.2. The van der Waals surface area contributed by atoms with Gasteiger partial charge in [-0.2, -0.15) is 0 Å². The highest BCUT2D eigenvalue weighted by Crippen LogP contribution is 2.26. The standard InChI is InChI=1S/C18H16ClNO3S/c1-12-3-6-15(19)11-18(12)20-24(21,22)17-8-5-13-9-16(23-2)7-4-14(13)10-17/h3-11,20H,1-2H3. The summed E-state index contributed by atoms with van der Waals surface area (Å²) in [5, 5.41) is 2.21. The van der Waals surface area contributed by atoms with Gasteiger partial charge < -0.3 is 4.74 Å². The highest BCUT2D eigenvalue weighted by atomic mass is 35.5. The molecule has 124 valence electrons. The van der Waals surface area contributed by atoms with Gasteiger partial charge in [-0.25, -0.2) is 8.42 Å². The van der Waals surface area contributed by atoms with E-state index in [0.29, 0.717) is 10.7 Å². The third-order valence-corrected chi connectivity index (χ3v) is 5.37. The maximum absolute atomic E-state index is 12.7. The molecule has 0 aromatic heterocycles. The van der Waals surface area contributed by atoms with Gasteiger partial charge >= 0.3 is 0 Å². The van der Waals surface area contributed by atoms with Crippen LogP contribution in [0.4, 0.5) is 5.69 Å². The Bertz CT molecular complexity index is 1020. The summed E-state index contributed by atoms with van der Waals surface area (Å²) in [6.07, 6.45) is 0. The fourth-order valence-electron chi connectivity index (χ4n) is 2.40. The number of hydrogen-bond donors (Lipinski definition) is 1. The molecule has 6 heteroatoms. The van der Waals surface area contributed by atoms with E-state index in [1.54, 1.807) is 49.6 Å². The van der Waals surface area contributed by atoms with Gasteiger partial charge in [-0.05, 0) is 59.7 Å². The molecule has 0 spiro atoms. The van der Waals surface area contributed by atoms with Crippen LogP contribution in [0.2, 0.25) is 5.02 Å². The van der Waals surface area contributed by atoms with Gasteiger partial charge in [0, 0.05) is 5.02 Å². The summed E-state index contributed by atoms with van der Waals surface area (Å²) in [7, 11) is -2.11. The van der Waals surface area contributed by atoms with E-state index in [1.165, 1.54) is 0 Å². The van der Waals surface area contributed by atoms with E-state index in [9.17, 15) is 8.42 Å². The fourth-order valence-corrected chi connectivity index (χ4v) is 3.73. The summed E-state index contributed by atoms with van der Waals surface area (Å²) >= 11 is 5.95. The Hall–Kier alpha value is -2.24. The van der Waals surface area contributed by atoms with Gasteiger partial charge in [0.15, 0.2) is 0 Å². The quantitative estimate of drug-likeness (QED) is 0.738. The number of hydrogen-bond acceptors (Lipinski definition) is 3. The number of methoxy groups -OCH3 is 1. The number of anilines is 1. The van der Waals surface area contributed by atoms with Crippen LogP contribution in [-0.4, -0.2) is 15.5 Å². The molecular weight excluding hydrogens is 346 g/mol. The second-order valence-electron chi connectivity index (χ2n) is 5.44. The van der Waals surface area contributed by atoms with Crippen molar-refractivity contribution in [2.45, 2.75) is 11.8 Å². The number of aryl methyl sites for hydroxylation is 1. The van der Waals surface area contributed by atoms with Crippen molar-refractivity contribution in [3.8, 4) is 5.75 Å². The van der Waals surface area contributed by atoms with E-state index in [0.717, 1.165) is 22.1 Å². The Morgan fingerprint density at radius 3 is 2.42 bits per heavy atom. The van der Waals surface area contributed by atoms with E-state index < -0.39 is 10.0 Å². The average molecular weight is 362 g/mol. The highest BCUT2D eigenvalue weighted by Gasteiger charge is 2.16. The van der Waals surface area contributed by atoms with Gasteiger partial charge in [0.2, 0.25) is 0 Å². The van der Waals surface area contributed by atoms with Crippen LogP contribution in [0, 0.1) is 6.92 Å². The van der Waals surface area contributed by atoms with Crippen molar-refractivity contribution >= 4 is 38.1 Å². The molecule has 0 radical (unpaired) electrons. The molecule has 0 saturated heterocycles. The third-order valence-electron chi connectivity index (χ3n) is 3.77. The molecule has 0 amide bonds. The smallest absolute Gasteiger partial charge is 0.261 e. The molecule has 4 nitrogen and oxygen atoms in total. The van der Waals surface area contributed by atoms with Crippen LogP contribution in [0.3, 0.4) is 0 Å². The molecular formula is C18H16ClNO3S. The van der Waals surface area contributed by atoms with Crippen molar-refractivity contribution in [3.05, 3.63) is 65.2 Å². The molecule has 24 heavy (non-hydrogen) atoms. The molecule has 0 aliphatic heterocycles. The summed E-state index contributed by atoms with van der Waals surface area (Å²) < 4.78 is 33.1. The predicted molar refractivity (Wildman–Crippen MR) is 97.5 cm³/mol. The molecule has 0 aliphatic carbocycles. The van der Waals surface area contributed by atoms with Crippen molar-refractivity contribution in [2.75, 3.05) is 11.8 Å². The van der Waals surface area contributed by atoms with Crippen molar-refractivity contribution < 1.29 is 13.2 Å². The molecule has 1 N–H and O–H groups in total. The third kappa shape index (κ3) is 3.32. The number of sulfonamides is 1. The summed E-state index contributed by atoms with van der Waals surface area (Å²) in [5.41, 5.74) is 1.27. The lowest BCUT2D eigenvalue weighted by Crippen LogP contribution is -2.13. The summed E-state index contributed by atoms with van der Waals surface area (Å²) in [6.45, 7) is 1.82. The molecule has 0 fully saturated rings. The zero-order valence-corrected chi connectivity index (χ0v) is 14.8. The largest absolute Gasteiger partial charge is 0.497 e. The monoisotopic (exact) mass is 361 g/mol. The SMILES string of the molecule is COc1ccc2cc(S(=O)(=O)Nc3cc(Cl)ccc3C)ccc2c1. The Balaban J connectivity index is 2.00. The van der Waals surface area contributed by atoms with Crippen molar-refractivity contribution in [2.24, 2.45) is 0 Å². The van der Waals surface area contributed by atoms with Crippen molar-refractivity contribution in [1.82, 2.24) is 0 Å². The number of ether oxygens (including phenoxy) is 1. The van der Waals surface area contributed by atoms with Gasteiger partial charge in [0.05, 0.1) is 17.7 Å². The van der Waals surface area contributed by atoms with Crippen LogP contribution in [0.25, 0.3) is 10.8 Å². The molecule has 0 heterocycles. The summed E-state index contributed by atoms with van der Waals surface area (Å²) in [5.74, 6) is 0.728. The van der Waals surface area contributed by atoms with Crippen LogP contribution in [-0.2, 0) is 10.0 Å². The number of benzene rings is 3. The van der Waals surface area contributed by atoms with Gasteiger partial charge in [-0.1, -0.05) is 29.8 Å². The van der Waals surface area contributed by atoms with Crippen LogP contribution >= 0.6 is 11.6 Å². The Kier molecular flexibility index (Phi) is 4.39. The van der Waals surface area contributed by atoms with Crippen LogP contribution in [0.1, 0.15) is 5.56 Å². The summed E-state index contributed by atoms with van der Waals surface area (Å²) in [4.78, 5) is 0.194. The maximum atomic E-state index is 12.7. The first kappa shape index (κ1) is 16.6. The minimum Gasteiger partial charge on any atom is -0.497 e. The number of fused-ring (bicyclic) bond motifs is 1. The van der Waals surface area contributed by atoms with Gasteiger partial charge in [-0.15, -0.1) is 0 Å². The minimum absolute atomic E-state index is 0.194. The lowest BCUT2D eigenvalue weighted by atomic mass is 10.1. The van der Waals surface area contributed by atoms with Crippen molar-refractivity contribution in [1.29, 1.82) is 0 Å². The maximum Gasteiger partial charge on any atom is 0.261 e. The van der Waals surface area contributed by atoms with E-state index in [4.69, 9.17) is 16.3 Å². The highest BCUT2D eigenvalue weighted by molar-refractivity contribution is 7.92. The predicted octanol–water partition coefficient (Wildman–Crippen LogP) is 4.61. The van der Waals surface area contributed by atoms with Crippen LogP contribution in [0.15, 0.2) is 59.5 Å².